The lowest BCUT2D eigenvalue weighted by Crippen LogP contribution is -1.98. The fourth-order valence-electron chi connectivity index (χ4n) is 1.44. The van der Waals surface area contributed by atoms with E-state index in [2.05, 4.69) is 31.2 Å². The minimum atomic E-state index is -0.443. The minimum absolute atomic E-state index is 0.0185. The average molecular weight is 309 g/mol. The second kappa shape index (κ2) is 5.09. The van der Waals surface area contributed by atoms with Crippen molar-refractivity contribution >= 4 is 27.4 Å². The Balaban J connectivity index is 2.48. The van der Waals surface area contributed by atoms with E-state index in [-0.39, 0.29) is 5.69 Å². The number of rotatable bonds is 3. The first-order chi connectivity index (χ1) is 8.61. The number of nitrogens with one attached hydrogen (secondary N) is 1. The van der Waals surface area contributed by atoms with E-state index in [9.17, 15) is 10.1 Å². The summed E-state index contributed by atoms with van der Waals surface area (Å²) in [4.78, 5) is 18.7. The first-order valence-electron chi connectivity index (χ1n) is 5.07. The van der Waals surface area contributed by atoms with E-state index in [1.54, 1.807) is 25.4 Å². The number of non-ortho nitro benzene ring substituents is 1. The Kier molecular flexibility index (Phi) is 3.52. The first-order valence-corrected chi connectivity index (χ1v) is 5.86. The van der Waals surface area contributed by atoms with Crippen LogP contribution in [0, 0.1) is 10.1 Å². The van der Waals surface area contributed by atoms with Gasteiger partial charge in [-0.05, 0) is 15.9 Å². The molecule has 2 rings (SSSR count). The van der Waals surface area contributed by atoms with Gasteiger partial charge in [-0.15, -0.1) is 0 Å². The van der Waals surface area contributed by atoms with Crippen molar-refractivity contribution in [3.63, 3.8) is 0 Å². The molecule has 0 radical (unpaired) electrons. The van der Waals surface area contributed by atoms with Gasteiger partial charge in [0.1, 0.15) is 5.82 Å². The molecule has 7 heteroatoms. The third-order valence-electron chi connectivity index (χ3n) is 2.30. The Labute approximate surface area is 111 Å². The molecular weight excluding hydrogens is 300 g/mol. The number of nitro groups is 1. The number of hydrogen-bond acceptors (Lipinski definition) is 5. The molecule has 92 valence electrons. The Morgan fingerprint density at radius 1 is 1.44 bits per heavy atom. The van der Waals surface area contributed by atoms with Crippen molar-refractivity contribution in [2.24, 2.45) is 0 Å². The third kappa shape index (κ3) is 2.45. The molecule has 0 amide bonds. The zero-order valence-corrected chi connectivity index (χ0v) is 11.0. The first kappa shape index (κ1) is 12.4. The summed E-state index contributed by atoms with van der Waals surface area (Å²) in [6.07, 6.45) is 1.60. The van der Waals surface area contributed by atoms with Crippen LogP contribution in [-0.4, -0.2) is 21.9 Å². The maximum Gasteiger partial charge on any atom is 0.270 e. The fraction of sp³-hybridized carbons (Fsp3) is 0.0909. The highest BCUT2D eigenvalue weighted by Crippen LogP contribution is 2.25. The van der Waals surface area contributed by atoms with Crippen LogP contribution in [0.1, 0.15) is 0 Å². The van der Waals surface area contributed by atoms with Crippen LogP contribution in [0.4, 0.5) is 11.5 Å². The van der Waals surface area contributed by atoms with E-state index >= 15 is 0 Å². The quantitative estimate of drug-likeness (QED) is 0.696. The molecule has 18 heavy (non-hydrogen) atoms. The molecule has 0 atom stereocenters. The number of nitrogens with zero attached hydrogens (tertiary/aromatic N) is 3. The van der Waals surface area contributed by atoms with Crippen LogP contribution in [0.5, 0.6) is 0 Å². The van der Waals surface area contributed by atoms with Gasteiger partial charge in [-0.3, -0.25) is 10.1 Å². The van der Waals surface area contributed by atoms with Crippen LogP contribution >= 0.6 is 15.9 Å². The molecule has 0 bridgehead atoms. The van der Waals surface area contributed by atoms with E-state index < -0.39 is 4.92 Å². The Hall–Kier alpha value is -2.02. The molecule has 0 aliphatic rings. The summed E-state index contributed by atoms with van der Waals surface area (Å²) in [5, 5.41) is 13.6. The highest BCUT2D eigenvalue weighted by atomic mass is 79.9. The van der Waals surface area contributed by atoms with Gasteiger partial charge in [0.15, 0.2) is 5.82 Å². The maximum absolute atomic E-state index is 10.7. The zero-order valence-electron chi connectivity index (χ0n) is 9.42. The van der Waals surface area contributed by atoms with Gasteiger partial charge in [-0.2, -0.15) is 0 Å². The van der Waals surface area contributed by atoms with Crippen molar-refractivity contribution in [1.82, 2.24) is 9.97 Å². The van der Waals surface area contributed by atoms with Gasteiger partial charge in [-0.1, -0.05) is 12.1 Å². The summed E-state index contributed by atoms with van der Waals surface area (Å²) in [6.45, 7) is 0. The average Bonchev–Trinajstić information content (AvgIpc) is 2.39. The Bertz CT molecular complexity index is 603. The van der Waals surface area contributed by atoms with Gasteiger partial charge in [-0.25, -0.2) is 9.97 Å². The van der Waals surface area contributed by atoms with Crippen LogP contribution in [0.3, 0.4) is 0 Å². The summed E-state index contributed by atoms with van der Waals surface area (Å²) >= 11 is 3.31. The monoisotopic (exact) mass is 308 g/mol. The van der Waals surface area contributed by atoms with E-state index in [4.69, 9.17) is 0 Å². The highest BCUT2D eigenvalue weighted by molar-refractivity contribution is 9.10. The van der Waals surface area contributed by atoms with Gasteiger partial charge < -0.3 is 5.32 Å². The number of nitro benzene ring substituents is 1. The zero-order chi connectivity index (χ0) is 13.1. The molecule has 0 spiro atoms. The Morgan fingerprint density at radius 2 is 2.22 bits per heavy atom. The largest absolute Gasteiger partial charge is 0.372 e. The molecule has 0 aliphatic heterocycles. The number of halogens is 1. The van der Waals surface area contributed by atoms with Crippen molar-refractivity contribution in [3.05, 3.63) is 45.0 Å². The Morgan fingerprint density at radius 3 is 2.89 bits per heavy atom. The maximum atomic E-state index is 10.7. The van der Waals surface area contributed by atoms with E-state index in [1.165, 1.54) is 12.1 Å². The predicted octanol–water partition coefficient (Wildman–Crippen LogP) is 2.86. The molecule has 6 nitrogen and oxygen atoms in total. The van der Waals surface area contributed by atoms with Crippen molar-refractivity contribution in [1.29, 1.82) is 0 Å². The normalized spacial score (nSPS) is 10.1. The SMILES string of the molecule is CNc1nc(-c2cccc([N+](=O)[O-])c2)ncc1Br. The molecule has 1 N–H and O–H groups in total. The summed E-state index contributed by atoms with van der Waals surface area (Å²) in [5.41, 5.74) is 0.623. The lowest BCUT2D eigenvalue weighted by molar-refractivity contribution is -0.384. The fourth-order valence-corrected chi connectivity index (χ4v) is 1.83. The number of hydrogen-bond donors (Lipinski definition) is 1. The van der Waals surface area contributed by atoms with E-state index in [1.807, 2.05) is 0 Å². The molecule has 0 saturated carbocycles. The second-order valence-corrected chi connectivity index (χ2v) is 4.30. The molecule has 1 heterocycles. The lowest BCUT2D eigenvalue weighted by Gasteiger charge is -2.05. The molecule has 1 aromatic heterocycles. The molecule has 0 fully saturated rings. The van der Waals surface area contributed by atoms with Gasteiger partial charge in [0.2, 0.25) is 0 Å². The summed E-state index contributed by atoms with van der Waals surface area (Å²) < 4.78 is 0.735. The van der Waals surface area contributed by atoms with Crippen LogP contribution in [-0.2, 0) is 0 Å². The van der Waals surface area contributed by atoms with Crippen molar-refractivity contribution in [3.8, 4) is 11.4 Å². The molecule has 2 aromatic rings. The van der Waals surface area contributed by atoms with Crippen LogP contribution in [0.25, 0.3) is 11.4 Å². The van der Waals surface area contributed by atoms with Crippen molar-refractivity contribution < 1.29 is 4.92 Å². The molecule has 1 aromatic carbocycles. The van der Waals surface area contributed by atoms with Gasteiger partial charge >= 0.3 is 0 Å². The number of aromatic nitrogens is 2. The minimum Gasteiger partial charge on any atom is -0.372 e. The topological polar surface area (TPSA) is 81.0 Å². The number of benzene rings is 1. The van der Waals surface area contributed by atoms with Crippen LogP contribution < -0.4 is 5.32 Å². The van der Waals surface area contributed by atoms with Gasteiger partial charge in [0.25, 0.3) is 5.69 Å². The van der Waals surface area contributed by atoms with E-state index in [0.29, 0.717) is 17.2 Å². The lowest BCUT2D eigenvalue weighted by atomic mass is 10.2. The standard InChI is InChI=1S/C11H9BrN4O2/c1-13-11-9(12)6-14-10(15-11)7-3-2-4-8(5-7)16(17)18/h2-6H,1H3,(H,13,14,15). The molecule has 0 saturated heterocycles. The summed E-state index contributed by atoms with van der Waals surface area (Å²) in [7, 11) is 1.74. The molecule has 0 aliphatic carbocycles. The molecule has 0 unspecified atom stereocenters. The highest BCUT2D eigenvalue weighted by Gasteiger charge is 2.10. The third-order valence-corrected chi connectivity index (χ3v) is 2.88. The second-order valence-electron chi connectivity index (χ2n) is 3.45. The smallest absolute Gasteiger partial charge is 0.270 e. The summed E-state index contributed by atoms with van der Waals surface area (Å²) in [5.74, 6) is 1.07. The molecular formula is C11H9BrN4O2. The predicted molar refractivity (Wildman–Crippen MR) is 71.4 cm³/mol. The van der Waals surface area contributed by atoms with Gasteiger partial charge in [0, 0.05) is 30.9 Å². The summed E-state index contributed by atoms with van der Waals surface area (Å²) in [6, 6.07) is 6.22. The van der Waals surface area contributed by atoms with Crippen molar-refractivity contribution in [2.45, 2.75) is 0 Å². The van der Waals surface area contributed by atoms with Crippen LogP contribution in [0.15, 0.2) is 34.9 Å². The van der Waals surface area contributed by atoms with Gasteiger partial charge in [0.05, 0.1) is 9.40 Å². The number of anilines is 1. The van der Waals surface area contributed by atoms with Crippen LogP contribution in [0.2, 0.25) is 0 Å². The van der Waals surface area contributed by atoms with E-state index in [0.717, 1.165) is 4.47 Å². The van der Waals surface area contributed by atoms with Crippen molar-refractivity contribution in [2.75, 3.05) is 12.4 Å².